The molecule has 2 rings (SSSR count). The van der Waals surface area contributed by atoms with E-state index in [1.54, 1.807) is 19.2 Å². The van der Waals surface area contributed by atoms with Gasteiger partial charge in [0.1, 0.15) is 4.90 Å². The number of carbonyl (C=O) groups is 1. The van der Waals surface area contributed by atoms with Crippen LogP contribution in [0.5, 0.6) is 0 Å². The molecule has 0 saturated heterocycles. The molecular formula is C16H26N4O3S. The van der Waals surface area contributed by atoms with Crippen molar-refractivity contribution in [2.24, 2.45) is 0 Å². The van der Waals surface area contributed by atoms with Gasteiger partial charge >= 0.3 is 6.03 Å². The van der Waals surface area contributed by atoms with Gasteiger partial charge in [0, 0.05) is 25.0 Å². The number of hydrogen-bond acceptors (Lipinski definition) is 5. The second-order valence-electron chi connectivity index (χ2n) is 6.02. The summed E-state index contributed by atoms with van der Waals surface area (Å²) in [5.41, 5.74) is 0.493. The van der Waals surface area contributed by atoms with Gasteiger partial charge in [-0.15, -0.1) is 0 Å². The van der Waals surface area contributed by atoms with Gasteiger partial charge in [0.15, 0.2) is 0 Å². The highest BCUT2D eigenvalue weighted by Crippen LogP contribution is 2.25. The largest absolute Gasteiger partial charge is 0.381 e. The van der Waals surface area contributed by atoms with Gasteiger partial charge < -0.3 is 10.6 Å². The first-order chi connectivity index (χ1) is 11.5. The Morgan fingerprint density at radius 3 is 2.54 bits per heavy atom. The first-order valence-corrected chi connectivity index (χ1v) is 10.0. The van der Waals surface area contributed by atoms with Crippen molar-refractivity contribution in [3.63, 3.8) is 0 Å². The number of sulfonamides is 1. The molecule has 8 heteroatoms. The van der Waals surface area contributed by atoms with Crippen LogP contribution in [0.3, 0.4) is 0 Å². The third kappa shape index (κ3) is 5.36. The molecule has 1 heterocycles. The molecule has 1 aromatic rings. The fraction of sp³-hybridized carbons (Fsp3) is 0.625. The van der Waals surface area contributed by atoms with Gasteiger partial charge in [0.25, 0.3) is 10.0 Å². The van der Waals surface area contributed by atoms with Crippen molar-refractivity contribution in [3.8, 4) is 0 Å². The zero-order chi connectivity index (χ0) is 17.4. The monoisotopic (exact) mass is 354 g/mol. The molecule has 2 amide bonds. The molecule has 1 fully saturated rings. The van der Waals surface area contributed by atoms with E-state index in [1.165, 1.54) is 25.5 Å². The van der Waals surface area contributed by atoms with Gasteiger partial charge in [0.2, 0.25) is 0 Å². The summed E-state index contributed by atoms with van der Waals surface area (Å²) >= 11 is 0. The van der Waals surface area contributed by atoms with Crippen molar-refractivity contribution in [3.05, 3.63) is 18.5 Å². The lowest BCUT2D eigenvalue weighted by Crippen LogP contribution is -2.39. The number of urea groups is 1. The number of hydrogen-bond donors (Lipinski definition) is 3. The normalized spacial score (nSPS) is 16.7. The van der Waals surface area contributed by atoms with Crippen molar-refractivity contribution in [2.75, 3.05) is 11.9 Å². The average Bonchev–Trinajstić information content (AvgIpc) is 2.50. The summed E-state index contributed by atoms with van der Waals surface area (Å²) in [4.78, 5) is 15.5. The fourth-order valence-electron chi connectivity index (χ4n) is 2.91. The molecule has 0 unspecified atom stereocenters. The van der Waals surface area contributed by atoms with E-state index in [0.717, 1.165) is 25.7 Å². The first kappa shape index (κ1) is 18.5. The highest BCUT2D eigenvalue weighted by atomic mass is 32.2. The molecule has 1 aliphatic carbocycles. The summed E-state index contributed by atoms with van der Waals surface area (Å²) in [6.07, 6.45) is 10.9. The first-order valence-electron chi connectivity index (χ1n) is 8.54. The summed E-state index contributed by atoms with van der Waals surface area (Å²) < 4.78 is 26.9. The minimum absolute atomic E-state index is 0.00156. The van der Waals surface area contributed by atoms with Crippen LogP contribution in [0.1, 0.15) is 51.9 Å². The Bertz CT molecular complexity index is 640. The van der Waals surface area contributed by atoms with Crippen LogP contribution < -0.4 is 15.4 Å². The van der Waals surface area contributed by atoms with Crippen LogP contribution in [0.15, 0.2) is 23.4 Å². The third-order valence-electron chi connectivity index (χ3n) is 4.10. The number of amides is 2. The zero-order valence-electron chi connectivity index (χ0n) is 14.0. The van der Waals surface area contributed by atoms with E-state index in [2.05, 4.69) is 15.6 Å². The van der Waals surface area contributed by atoms with E-state index in [1.807, 2.05) is 4.72 Å². The lowest BCUT2D eigenvalue weighted by molar-refractivity contribution is 0.246. The molecule has 3 N–H and O–H groups in total. The molecule has 1 aromatic heterocycles. The minimum atomic E-state index is -3.97. The molecule has 0 bridgehead atoms. The van der Waals surface area contributed by atoms with Crippen LogP contribution in [0.4, 0.5) is 10.5 Å². The standard InChI is InChI=1S/C16H26N4O3S/c1-2-18-16(21)20-24(22,23)15-12-17-11-10-14(15)19-13-8-6-4-3-5-7-9-13/h10-13H,2-9H2,1H3,(H,17,19)(H2,18,20,21). The van der Waals surface area contributed by atoms with Crippen molar-refractivity contribution < 1.29 is 13.2 Å². The average molecular weight is 354 g/mol. The summed E-state index contributed by atoms with van der Waals surface area (Å²) in [7, 11) is -3.97. The molecule has 134 valence electrons. The molecular weight excluding hydrogens is 328 g/mol. The van der Waals surface area contributed by atoms with E-state index in [9.17, 15) is 13.2 Å². The number of carbonyl (C=O) groups excluding carboxylic acids is 1. The second-order valence-corrected chi connectivity index (χ2v) is 7.67. The smallest absolute Gasteiger partial charge is 0.328 e. The molecule has 7 nitrogen and oxygen atoms in total. The van der Waals surface area contributed by atoms with Crippen LogP contribution in [0.25, 0.3) is 0 Å². The lowest BCUT2D eigenvalue weighted by Gasteiger charge is -2.23. The summed E-state index contributed by atoms with van der Waals surface area (Å²) in [6.45, 7) is 2.07. The van der Waals surface area contributed by atoms with E-state index >= 15 is 0 Å². The third-order valence-corrected chi connectivity index (χ3v) is 5.46. The van der Waals surface area contributed by atoms with Gasteiger partial charge in [-0.05, 0) is 25.8 Å². The number of pyridine rings is 1. The summed E-state index contributed by atoms with van der Waals surface area (Å²) in [5.74, 6) is 0. The molecule has 0 spiro atoms. The maximum absolute atomic E-state index is 12.5. The topological polar surface area (TPSA) is 100 Å². The molecule has 0 radical (unpaired) electrons. The molecule has 0 atom stereocenters. The van der Waals surface area contributed by atoms with Crippen LogP contribution >= 0.6 is 0 Å². The maximum atomic E-state index is 12.5. The maximum Gasteiger partial charge on any atom is 0.328 e. The Balaban J connectivity index is 2.15. The highest BCUT2D eigenvalue weighted by molar-refractivity contribution is 7.90. The number of nitrogens with one attached hydrogen (secondary N) is 3. The lowest BCUT2D eigenvalue weighted by atomic mass is 9.96. The number of aromatic nitrogens is 1. The van der Waals surface area contributed by atoms with Crippen LogP contribution in [0, 0.1) is 0 Å². The summed E-state index contributed by atoms with van der Waals surface area (Å²) in [6, 6.07) is 1.15. The number of rotatable bonds is 5. The van der Waals surface area contributed by atoms with Gasteiger partial charge in [-0.2, -0.15) is 0 Å². The van der Waals surface area contributed by atoms with E-state index in [-0.39, 0.29) is 10.9 Å². The molecule has 1 saturated carbocycles. The van der Waals surface area contributed by atoms with Gasteiger partial charge in [-0.25, -0.2) is 17.9 Å². The van der Waals surface area contributed by atoms with Gasteiger partial charge in [-0.3, -0.25) is 4.98 Å². The fourth-order valence-corrected chi connectivity index (χ4v) is 3.95. The Morgan fingerprint density at radius 2 is 1.88 bits per heavy atom. The Morgan fingerprint density at radius 1 is 1.21 bits per heavy atom. The van der Waals surface area contributed by atoms with Crippen LogP contribution in [-0.2, 0) is 10.0 Å². The van der Waals surface area contributed by atoms with E-state index < -0.39 is 16.1 Å². The number of nitrogens with zero attached hydrogens (tertiary/aromatic N) is 1. The SMILES string of the molecule is CCNC(=O)NS(=O)(=O)c1cnccc1NC1CCCCCCC1. The van der Waals surface area contributed by atoms with E-state index in [0.29, 0.717) is 12.2 Å². The highest BCUT2D eigenvalue weighted by Gasteiger charge is 2.23. The van der Waals surface area contributed by atoms with Gasteiger partial charge in [-0.1, -0.05) is 32.1 Å². The van der Waals surface area contributed by atoms with E-state index in [4.69, 9.17) is 0 Å². The van der Waals surface area contributed by atoms with Crippen molar-refractivity contribution in [1.82, 2.24) is 15.0 Å². The van der Waals surface area contributed by atoms with Crippen molar-refractivity contribution >= 4 is 21.7 Å². The predicted molar refractivity (Wildman–Crippen MR) is 93.4 cm³/mol. The van der Waals surface area contributed by atoms with Crippen molar-refractivity contribution in [2.45, 2.75) is 62.8 Å². The Labute approximate surface area is 143 Å². The molecule has 1 aliphatic rings. The second kappa shape index (κ2) is 8.86. The summed E-state index contributed by atoms with van der Waals surface area (Å²) in [5, 5.41) is 5.76. The minimum Gasteiger partial charge on any atom is -0.381 e. The molecule has 24 heavy (non-hydrogen) atoms. The quantitative estimate of drug-likeness (QED) is 0.755. The Kier molecular flexibility index (Phi) is 6.84. The van der Waals surface area contributed by atoms with Crippen LogP contribution in [-0.4, -0.2) is 32.0 Å². The number of anilines is 1. The molecule has 0 aliphatic heterocycles. The molecule has 0 aromatic carbocycles. The Hall–Kier alpha value is -1.83. The van der Waals surface area contributed by atoms with Crippen LogP contribution in [0.2, 0.25) is 0 Å². The zero-order valence-corrected chi connectivity index (χ0v) is 14.9. The predicted octanol–water partition coefficient (Wildman–Crippen LogP) is 2.61. The van der Waals surface area contributed by atoms with Gasteiger partial charge in [0.05, 0.1) is 5.69 Å². The van der Waals surface area contributed by atoms with Crippen molar-refractivity contribution in [1.29, 1.82) is 0 Å².